The van der Waals surface area contributed by atoms with E-state index in [0.717, 1.165) is 11.8 Å². The first-order valence-electron chi connectivity index (χ1n) is 6.73. The van der Waals surface area contributed by atoms with Crippen LogP contribution in [0.3, 0.4) is 0 Å². The molecule has 102 valence electrons. The van der Waals surface area contributed by atoms with Crippen molar-refractivity contribution in [2.75, 3.05) is 18.6 Å². The topological polar surface area (TPSA) is 29.9 Å². The highest BCUT2D eigenvalue weighted by Gasteiger charge is 2.34. The molecule has 3 nitrogen and oxygen atoms in total. The van der Waals surface area contributed by atoms with Gasteiger partial charge in [0.25, 0.3) is 0 Å². The second-order valence-corrected chi connectivity index (χ2v) is 7.12. The maximum Gasteiger partial charge on any atom is 0.127 e. The summed E-state index contributed by atoms with van der Waals surface area (Å²) in [6, 6.07) is 0.364. The average Bonchev–Trinajstić information content (AvgIpc) is 2.88. The summed E-state index contributed by atoms with van der Waals surface area (Å²) in [5.74, 6) is 3.74. The van der Waals surface area contributed by atoms with Crippen LogP contribution >= 0.6 is 23.5 Å². The lowest BCUT2D eigenvalue weighted by Crippen LogP contribution is -2.38. The third-order valence-electron chi connectivity index (χ3n) is 3.50. The van der Waals surface area contributed by atoms with Crippen molar-refractivity contribution in [2.45, 2.75) is 43.4 Å². The average molecular weight is 285 g/mol. The van der Waals surface area contributed by atoms with Gasteiger partial charge in [0.2, 0.25) is 0 Å². The van der Waals surface area contributed by atoms with Crippen LogP contribution in [0.15, 0.2) is 12.4 Å². The summed E-state index contributed by atoms with van der Waals surface area (Å²) in [6.45, 7) is 5.47. The van der Waals surface area contributed by atoms with Gasteiger partial charge in [-0.2, -0.15) is 23.5 Å². The number of aromatic nitrogens is 2. The van der Waals surface area contributed by atoms with Gasteiger partial charge < -0.3 is 9.88 Å². The van der Waals surface area contributed by atoms with Crippen LogP contribution in [0.2, 0.25) is 0 Å². The van der Waals surface area contributed by atoms with Gasteiger partial charge in [0.15, 0.2) is 0 Å². The third-order valence-corrected chi connectivity index (χ3v) is 6.85. The Morgan fingerprint density at radius 3 is 2.89 bits per heavy atom. The lowest BCUT2D eigenvalue weighted by Gasteiger charge is -2.35. The Kier molecular flexibility index (Phi) is 5.45. The fourth-order valence-electron chi connectivity index (χ4n) is 2.55. The van der Waals surface area contributed by atoms with Crippen molar-refractivity contribution in [3.63, 3.8) is 0 Å². The van der Waals surface area contributed by atoms with Gasteiger partial charge in [-0.3, -0.25) is 0 Å². The van der Waals surface area contributed by atoms with Gasteiger partial charge in [0.05, 0.1) is 6.04 Å². The van der Waals surface area contributed by atoms with Crippen LogP contribution < -0.4 is 5.32 Å². The van der Waals surface area contributed by atoms with Crippen LogP contribution in [0.25, 0.3) is 0 Å². The number of imidazole rings is 1. The molecule has 1 N–H and O–H groups in total. The van der Waals surface area contributed by atoms with Crippen molar-refractivity contribution < 1.29 is 0 Å². The Morgan fingerprint density at radius 2 is 2.22 bits per heavy atom. The number of hydrogen-bond donors (Lipinski definition) is 1. The molecule has 2 heterocycles. The highest BCUT2D eigenvalue weighted by atomic mass is 32.2. The van der Waals surface area contributed by atoms with Crippen molar-refractivity contribution in [1.82, 2.24) is 14.9 Å². The molecule has 0 saturated carbocycles. The summed E-state index contributed by atoms with van der Waals surface area (Å²) < 4.78 is 2.26. The lowest BCUT2D eigenvalue weighted by atomic mass is 10.1. The van der Waals surface area contributed by atoms with Gasteiger partial charge in [-0.25, -0.2) is 4.98 Å². The Balaban J connectivity index is 2.21. The highest BCUT2D eigenvalue weighted by molar-refractivity contribution is 8.07. The molecule has 3 unspecified atom stereocenters. The molecule has 1 fully saturated rings. The number of rotatable bonds is 5. The van der Waals surface area contributed by atoms with Crippen molar-refractivity contribution in [3.05, 3.63) is 18.2 Å². The number of hydrogen-bond acceptors (Lipinski definition) is 4. The van der Waals surface area contributed by atoms with E-state index in [9.17, 15) is 0 Å². The molecular weight excluding hydrogens is 262 g/mol. The first kappa shape index (κ1) is 14.3. The minimum Gasteiger partial charge on any atom is -0.334 e. The molecule has 2 rings (SSSR count). The van der Waals surface area contributed by atoms with E-state index >= 15 is 0 Å². The van der Waals surface area contributed by atoms with Crippen molar-refractivity contribution in [3.8, 4) is 0 Å². The molecule has 0 amide bonds. The van der Waals surface area contributed by atoms with Gasteiger partial charge in [-0.15, -0.1) is 0 Å². The molecule has 18 heavy (non-hydrogen) atoms. The summed E-state index contributed by atoms with van der Waals surface area (Å²) >= 11 is 4.24. The number of nitrogens with zero attached hydrogens (tertiary/aromatic N) is 2. The van der Waals surface area contributed by atoms with E-state index < -0.39 is 0 Å². The van der Waals surface area contributed by atoms with Crippen LogP contribution in [0, 0.1) is 0 Å². The summed E-state index contributed by atoms with van der Waals surface area (Å²) in [4.78, 5) is 4.58. The molecule has 1 aliphatic rings. The Labute approximate surface area is 119 Å². The Bertz CT molecular complexity index is 367. The van der Waals surface area contributed by atoms with Gasteiger partial charge in [0, 0.05) is 40.9 Å². The third kappa shape index (κ3) is 2.89. The minimum atomic E-state index is 0.364. The van der Waals surface area contributed by atoms with Crippen molar-refractivity contribution in [1.29, 1.82) is 0 Å². The molecule has 0 aromatic carbocycles. The SMILES string of the molecule is CCC1SCCSC1C(NC)c1nccn1CC. The van der Waals surface area contributed by atoms with Crippen LogP contribution in [-0.2, 0) is 6.54 Å². The molecule has 1 saturated heterocycles. The van der Waals surface area contributed by atoms with E-state index in [2.05, 4.69) is 65.5 Å². The minimum absolute atomic E-state index is 0.364. The summed E-state index contributed by atoms with van der Waals surface area (Å²) in [5.41, 5.74) is 0. The fraction of sp³-hybridized carbons (Fsp3) is 0.769. The summed E-state index contributed by atoms with van der Waals surface area (Å²) in [5, 5.41) is 4.87. The normalized spacial score (nSPS) is 26.2. The molecular formula is C13H23N3S2. The van der Waals surface area contributed by atoms with Gasteiger partial charge >= 0.3 is 0 Å². The molecule has 1 aromatic rings. The van der Waals surface area contributed by atoms with Gasteiger partial charge in [0.1, 0.15) is 5.82 Å². The molecule has 0 radical (unpaired) electrons. The molecule has 3 atom stereocenters. The predicted octanol–water partition coefficient (Wildman–Crippen LogP) is 2.79. The Hall–Kier alpha value is -0.130. The molecule has 5 heteroatoms. The van der Waals surface area contributed by atoms with Gasteiger partial charge in [-0.05, 0) is 20.4 Å². The number of thioether (sulfide) groups is 2. The largest absolute Gasteiger partial charge is 0.334 e. The van der Waals surface area contributed by atoms with E-state index in [-0.39, 0.29) is 0 Å². The molecule has 0 spiro atoms. The zero-order valence-corrected chi connectivity index (χ0v) is 13.1. The Morgan fingerprint density at radius 1 is 1.44 bits per heavy atom. The zero-order chi connectivity index (χ0) is 13.0. The standard InChI is InChI=1S/C13H23N3S2/c1-4-10-12(18-9-8-17-10)11(14-3)13-15-6-7-16(13)5-2/h6-7,10-12,14H,4-5,8-9H2,1-3H3. The summed E-state index contributed by atoms with van der Waals surface area (Å²) in [6.07, 6.45) is 5.25. The van der Waals surface area contributed by atoms with Crippen molar-refractivity contribution >= 4 is 23.5 Å². The monoisotopic (exact) mass is 285 g/mol. The second kappa shape index (κ2) is 6.87. The second-order valence-electron chi connectivity index (χ2n) is 4.49. The van der Waals surface area contributed by atoms with E-state index in [1.165, 1.54) is 23.8 Å². The maximum absolute atomic E-state index is 4.58. The van der Waals surface area contributed by atoms with E-state index in [1.807, 2.05) is 6.20 Å². The number of nitrogens with one attached hydrogen (secondary N) is 1. The van der Waals surface area contributed by atoms with Gasteiger partial charge in [-0.1, -0.05) is 6.92 Å². The molecule has 1 aromatic heterocycles. The van der Waals surface area contributed by atoms with Crippen LogP contribution in [-0.4, -0.2) is 38.6 Å². The first-order chi connectivity index (χ1) is 8.81. The predicted molar refractivity (Wildman–Crippen MR) is 82.5 cm³/mol. The zero-order valence-electron chi connectivity index (χ0n) is 11.4. The van der Waals surface area contributed by atoms with E-state index in [0.29, 0.717) is 11.3 Å². The fourth-order valence-corrected chi connectivity index (χ4v) is 5.81. The van der Waals surface area contributed by atoms with E-state index in [4.69, 9.17) is 0 Å². The maximum atomic E-state index is 4.58. The number of aryl methyl sites for hydroxylation is 1. The quantitative estimate of drug-likeness (QED) is 0.901. The van der Waals surface area contributed by atoms with Crippen LogP contribution in [0.4, 0.5) is 0 Å². The smallest absolute Gasteiger partial charge is 0.127 e. The van der Waals surface area contributed by atoms with E-state index in [1.54, 1.807) is 0 Å². The van der Waals surface area contributed by atoms with Crippen molar-refractivity contribution in [2.24, 2.45) is 0 Å². The molecule has 1 aliphatic heterocycles. The van der Waals surface area contributed by atoms with Crippen LogP contribution in [0.5, 0.6) is 0 Å². The first-order valence-corrected chi connectivity index (χ1v) is 8.83. The summed E-state index contributed by atoms with van der Waals surface area (Å²) in [7, 11) is 2.06. The molecule has 0 aliphatic carbocycles. The molecule has 0 bridgehead atoms. The van der Waals surface area contributed by atoms with Crippen LogP contribution in [0.1, 0.15) is 32.1 Å². The highest BCUT2D eigenvalue weighted by Crippen LogP contribution is 2.39. The lowest BCUT2D eigenvalue weighted by molar-refractivity contribution is 0.493.